The number of hydrogen-bond donors (Lipinski definition) is 0. The Hall–Kier alpha value is -2.33. The van der Waals surface area contributed by atoms with Crippen LogP contribution in [-0.4, -0.2) is 12.5 Å². The van der Waals surface area contributed by atoms with Gasteiger partial charge in [-0.1, -0.05) is 48.5 Å². The van der Waals surface area contributed by atoms with Crippen LogP contribution in [0.25, 0.3) is 0 Å². The molecule has 0 atom stereocenters. The molecule has 0 N–H and O–H groups in total. The van der Waals surface area contributed by atoms with E-state index in [4.69, 9.17) is 4.42 Å². The predicted octanol–water partition coefficient (Wildman–Crippen LogP) is 4.93. The number of rotatable bonds is 5. The van der Waals surface area contributed by atoms with Crippen LogP contribution in [0.15, 0.2) is 82.1 Å². The third kappa shape index (κ3) is 3.90. The third-order valence-corrected chi connectivity index (χ3v) is 4.01. The fraction of sp³-hybridized carbons (Fsp3) is 0.105. The van der Waals surface area contributed by atoms with E-state index in [0.29, 0.717) is 16.8 Å². The van der Waals surface area contributed by atoms with Crippen molar-refractivity contribution in [1.29, 1.82) is 0 Å². The van der Waals surface area contributed by atoms with E-state index >= 15 is 0 Å². The van der Waals surface area contributed by atoms with Gasteiger partial charge in [0.25, 0.3) is 5.91 Å². The van der Waals surface area contributed by atoms with Crippen molar-refractivity contribution in [3.05, 3.63) is 88.8 Å². The summed E-state index contributed by atoms with van der Waals surface area (Å²) >= 11 is 3.24. The predicted molar refractivity (Wildman–Crippen MR) is 94.7 cm³/mol. The summed E-state index contributed by atoms with van der Waals surface area (Å²) in [6, 6.07) is 21.5. The van der Waals surface area contributed by atoms with Crippen LogP contribution >= 0.6 is 15.9 Å². The van der Waals surface area contributed by atoms with E-state index in [2.05, 4.69) is 28.1 Å². The summed E-state index contributed by atoms with van der Waals surface area (Å²) in [7, 11) is 0. The summed E-state index contributed by atoms with van der Waals surface area (Å²) in [6.07, 6.45) is 2.27. The van der Waals surface area contributed by atoms with Gasteiger partial charge in [-0.3, -0.25) is 4.79 Å². The number of furan rings is 1. The van der Waals surface area contributed by atoms with Gasteiger partial charge in [0, 0.05) is 18.3 Å². The van der Waals surface area contributed by atoms with E-state index in [9.17, 15) is 4.79 Å². The Balaban J connectivity index is 1.83. The average Bonchev–Trinajstić information content (AvgIpc) is 3.03. The molecule has 3 nitrogen and oxygen atoms in total. The van der Waals surface area contributed by atoms with Crippen LogP contribution in [-0.2, 0) is 6.42 Å². The number of hydrogen-bond acceptors (Lipinski definition) is 2. The van der Waals surface area contributed by atoms with Gasteiger partial charge in [-0.25, -0.2) is 0 Å². The molecule has 3 aromatic rings. The molecule has 3 rings (SSSR count). The van der Waals surface area contributed by atoms with Crippen LogP contribution in [0.2, 0.25) is 0 Å². The van der Waals surface area contributed by atoms with Gasteiger partial charge in [0.05, 0.1) is 5.56 Å². The van der Waals surface area contributed by atoms with Gasteiger partial charge in [0.2, 0.25) is 0 Å². The maximum atomic E-state index is 12.8. The van der Waals surface area contributed by atoms with Crippen molar-refractivity contribution in [3.8, 4) is 0 Å². The Bertz CT molecular complexity index is 768. The van der Waals surface area contributed by atoms with Crippen molar-refractivity contribution in [2.75, 3.05) is 11.4 Å². The number of carbonyl (C=O) groups is 1. The van der Waals surface area contributed by atoms with Crippen molar-refractivity contribution in [1.82, 2.24) is 0 Å². The molecule has 116 valence electrons. The zero-order chi connectivity index (χ0) is 16.1. The SMILES string of the molecule is O=C(c1coc(Br)c1)N(CCc1ccccc1)c1ccccc1. The lowest BCUT2D eigenvalue weighted by Crippen LogP contribution is -2.32. The molecular formula is C19H16BrNO2. The summed E-state index contributed by atoms with van der Waals surface area (Å²) in [5, 5.41) is 0. The monoisotopic (exact) mass is 369 g/mol. The van der Waals surface area contributed by atoms with Crippen LogP contribution in [0.1, 0.15) is 15.9 Å². The summed E-state index contributed by atoms with van der Waals surface area (Å²) in [5.41, 5.74) is 2.62. The number of nitrogens with zero attached hydrogens (tertiary/aromatic N) is 1. The van der Waals surface area contributed by atoms with E-state index in [0.717, 1.165) is 12.1 Å². The fourth-order valence-electron chi connectivity index (χ4n) is 2.42. The van der Waals surface area contributed by atoms with Crippen molar-refractivity contribution in [3.63, 3.8) is 0 Å². The lowest BCUT2D eigenvalue weighted by atomic mass is 10.1. The second-order valence-electron chi connectivity index (χ2n) is 5.17. The topological polar surface area (TPSA) is 33.5 Å². The maximum absolute atomic E-state index is 12.8. The molecule has 0 saturated carbocycles. The molecule has 4 heteroatoms. The first-order valence-corrected chi connectivity index (χ1v) is 8.18. The molecule has 0 fully saturated rings. The molecule has 0 aliphatic heterocycles. The minimum Gasteiger partial charge on any atom is -0.457 e. The van der Waals surface area contributed by atoms with Crippen LogP contribution in [0.3, 0.4) is 0 Å². The van der Waals surface area contributed by atoms with Crippen molar-refractivity contribution < 1.29 is 9.21 Å². The third-order valence-electron chi connectivity index (χ3n) is 3.59. The number of carbonyl (C=O) groups excluding carboxylic acids is 1. The number of amides is 1. The first-order chi connectivity index (χ1) is 11.2. The molecular weight excluding hydrogens is 354 g/mol. The van der Waals surface area contributed by atoms with Crippen LogP contribution < -0.4 is 4.90 Å². The van der Waals surface area contributed by atoms with Crippen LogP contribution in [0.4, 0.5) is 5.69 Å². The van der Waals surface area contributed by atoms with Gasteiger partial charge in [0.15, 0.2) is 4.67 Å². The van der Waals surface area contributed by atoms with Gasteiger partial charge in [0.1, 0.15) is 6.26 Å². The highest BCUT2D eigenvalue weighted by atomic mass is 79.9. The van der Waals surface area contributed by atoms with Crippen LogP contribution in [0.5, 0.6) is 0 Å². The van der Waals surface area contributed by atoms with Gasteiger partial charge in [-0.05, 0) is 40.0 Å². The highest BCUT2D eigenvalue weighted by molar-refractivity contribution is 9.10. The van der Waals surface area contributed by atoms with E-state index in [-0.39, 0.29) is 5.91 Å². The zero-order valence-corrected chi connectivity index (χ0v) is 14.1. The highest BCUT2D eigenvalue weighted by Gasteiger charge is 2.19. The largest absolute Gasteiger partial charge is 0.457 e. The minimum absolute atomic E-state index is 0.0680. The molecule has 0 aliphatic rings. The average molecular weight is 370 g/mol. The summed E-state index contributed by atoms with van der Waals surface area (Å²) in [6.45, 7) is 0.607. The standard InChI is InChI=1S/C19H16BrNO2/c20-18-13-16(14-23-18)19(22)21(17-9-5-2-6-10-17)12-11-15-7-3-1-4-8-15/h1-10,13-14H,11-12H2. The quantitative estimate of drug-likeness (QED) is 0.638. The van der Waals surface area contributed by atoms with Crippen molar-refractivity contribution in [2.45, 2.75) is 6.42 Å². The Kier molecular flexibility index (Phi) is 4.93. The number of halogens is 1. The second kappa shape index (κ2) is 7.29. The van der Waals surface area contributed by atoms with Crippen molar-refractivity contribution >= 4 is 27.5 Å². The van der Waals surface area contributed by atoms with Gasteiger partial charge < -0.3 is 9.32 Å². The molecule has 1 aromatic heterocycles. The van der Waals surface area contributed by atoms with E-state index in [1.54, 1.807) is 11.0 Å². The summed E-state index contributed by atoms with van der Waals surface area (Å²) in [5.74, 6) is -0.0680. The van der Waals surface area contributed by atoms with E-state index in [1.807, 2.05) is 48.5 Å². The molecule has 0 radical (unpaired) electrons. The van der Waals surface area contributed by atoms with Gasteiger partial charge in [-0.15, -0.1) is 0 Å². The zero-order valence-electron chi connectivity index (χ0n) is 12.5. The van der Waals surface area contributed by atoms with Crippen molar-refractivity contribution in [2.24, 2.45) is 0 Å². The van der Waals surface area contributed by atoms with Crippen LogP contribution in [0, 0.1) is 0 Å². The summed E-state index contributed by atoms with van der Waals surface area (Å²) < 4.78 is 5.76. The molecule has 0 aliphatic carbocycles. The van der Waals surface area contributed by atoms with E-state index in [1.165, 1.54) is 11.8 Å². The molecule has 1 heterocycles. The first-order valence-electron chi connectivity index (χ1n) is 7.39. The lowest BCUT2D eigenvalue weighted by molar-refractivity contribution is 0.0986. The molecule has 1 amide bonds. The van der Waals surface area contributed by atoms with Gasteiger partial charge in [-0.2, -0.15) is 0 Å². The normalized spacial score (nSPS) is 10.5. The summed E-state index contributed by atoms with van der Waals surface area (Å²) in [4.78, 5) is 14.6. The molecule has 0 spiro atoms. The molecule has 0 unspecified atom stereocenters. The lowest BCUT2D eigenvalue weighted by Gasteiger charge is -2.22. The Morgan fingerprint density at radius 2 is 1.65 bits per heavy atom. The Morgan fingerprint density at radius 3 is 2.26 bits per heavy atom. The van der Waals surface area contributed by atoms with E-state index < -0.39 is 0 Å². The maximum Gasteiger partial charge on any atom is 0.261 e. The minimum atomic E-state index is -0.0680. The molecule has 0 bridgehead atoms. The number of benzene rings is 2. The second-order valence-corrected chi connectivity index (χ2v) is 5.95. The molecule has 2 aromatic carbocycles. The Labute approximate surface area is 143 Å². The fourth-order valence-corrected chi connectivity index (χ4v) is 2.76. The van der Waals surface area contributed by atoms with Gasteiger partial charge >= 0.3 is 0 Å². The number of anilines is 1. The molecule has 23 heavy (non-hydrogen) atoms. The Morgan fingerprint density at radius 1 is 1.00 bits per heavy atom. The smallest absolute Gasteiger partial charge is 0.261 e. The number of para-hydroxylation sites is 1. The highest BCUT2D eigenvalue weighted by Crippen LogP contribution is 2.21. The molecule has 0 saturated heterocycles. The first kappa shape index (κ1) is 15.6.